The second-order valence-electron chi connectivity index (χ2n) is 10.3. The van der Waals surface area contributed by atoms with Crippen molar-refractivity contribution in [3.8, 4) is 22.6 Å². The number of carbonyl (C=O) groups is 1. The van der Waals surface area contributed by atoms with Crippen molar-refractivity contribution in [3.05, 3.63) is 82.9 Å². The van der Waals surface area contributed by atoms with E-state index in [2.05, 4.69) is 6.92 Å². The highest BCUT2D eigenvalue weighted by molar-refractivity contribution is 5.76. The summed E-state index contributed by atoms with van der Waals surface area (Å²) in [6.07, 6.45) is 5.52. The van der Waals surface area contributed by atoms with Crippen molar-refractivity contribution in [3.63, 3.8) is 0 Å². The molecule has 208 valence electrons. The number of hydrogen-bond donors (Lipinski definition) is 0. The Kier molecular flexibility index (Phi) is 9.65. The highest BCUT2D eigenvalue weighted by Gasteiger charge is 2.31. The van der Waals surface area contributed by atoms with E-state index in [0.717, 1.165) is 31.2 Å². The number of halogens is 4. The maximum Gasteiger partial charge on any atom is 0.314 e. The summed E-state index contributed by atoms with van der Waals surface area (Å²) in [7, 11) is 0. The van der Waals surface area contributed by atoms with Crippen molar-refractivity contribution in [2.24, 2.45) is 5.92 Å². The molecule has 0 bridgehead atoms. The van der Waals surface area contributed by atoms with Crippen molar-refractivity contribution in [1.29, 1.82) is 0 Å². The summed E-state index contributed by atoms with van der Waals surface area (Å²) in [5.41, 5.74) is 1.85. The zero-order valence-electron chi connectivity index (χ0n) is 22.4. The Labute approximate surface area is 227 Å². The van der Waals surface area contributed by atoms with E-state index in [9.17, 15) is 22.4 Å². The Morgan fingerprint density at radius 2 is 1.44 bits per heavy atom. The monoisotopic (exact) mass is 542 g/mol. The van der Waals surface area contributed by atoms with E-state index in [1.165, 1.54) is 18.2 Å². The quantitative estimate of drug-likeness (QED) is 0.111. The minimum absolute atomic E-state index is 0.0787. The number of aryl methyl sites for hydroxylation is 1. The first kappa shape index (κ1) is 28.7. The number of esters is 1. The molecule has 1 fully saturated rings. The molecule has 0 N–H and O–H groups in total. The van der Waals surface area contributed by atoms with Crippen molar-refractivity contribution in [2.45, 2.75) is 71.1 Å². The van der Waals surface area contributed by atoms with Gasteiger partial charge in [-0.3, -0.25) is 4.79 Å². The first-order valence-corrected chi connectivity index (χ1v) is 13.7. The minimum Gasteiger partial charge on any atom is -0.490 e. The number of ether oxygens (including phenoxy) is 2. The van der Waals surface area contributed by atoms with Crippen molar-refractivity contribution in [1.82, 2.24) is 0 Å². The predicted molar refractivity (Wildman–Crippen MR) is 143 cm³/mol. The van der Waals surface area contributed by atoms with E-state index >= 15 is 0 Å². The van der Waals surface area contributed by atoms with Gasteiger partial charge in [-0.25, -0.2) is 8.78 Å². The summed E-state index contributed by atoms with van der Waals surface area (Å²) in [5.74, 6) is -6.23. The molecule has 7 heteroatoms. The summed E-state index contributed by atoms with van der Waals surface area (Å²) < 4.78 is 69.6. The van der Waals surface area contributed by atoms with E-state index in [1.807, 2.05) is 6.92 Å². The van der Waals surface area contributed by atoms with Crippen LogP contribution in [0.25, 0.3) is 11.1 Å². The lowest BCUT2D eigenvalue weighted by atomic mass is 9.78. The van der Waals surface area contributed by atoms with Crippen LogP contribution in [0.2, 0.25) is 0 Å². The van der Waals surface area contributed by atoms with Gasteiger partial charge in [-0.15, -0.1) is 0 Å². The van der Waals surface area contributed by atoms with Crippen molar-refractivity contribution >= 4 is 5.97 Å². The summed E-state index contributed by atoms with van der Waals surface area (Å²) >= 11 is 0. The smallest absolute Gasteiger partial charge is 0.314 e. The second-order valence-corrected chi connectivity index (χ2v) is 10.3. The third-order valence-electron chi connectivity index (χ3n) is 7.45. The van der Waals surface area contributed by atoms with Gasteiger partial charge in [0.05, 0.1) is 12.5 Å². The Bertz CT molecular complexity index is 1280. The van der Waals surface area contributed by atoms with E-state index < -0.39 is 40.9 Å². The number of hydrogen-bond acceptors (Lipinski definition) is 3. The zero-order chi connectivity index (χ0) is 27.9. The molecule has 3 nitrogen and oxygen atoms in total. The molecule has 0 aromatic heterocycles. The van der Waals surface area contributed by atoms with Crippen LogP contribution >= 0.6 is 0 Å². The van der Waals surface area contributed by atoms with Crippen LogP contribution in [0.15, 0.2) is 48.5 Å². The molecular weight excluding hydrogens is 508 g/mol. The molecule has 0 amide bonds. The van der Waals surface area contributed by atoms with Crippen molar-refractivity contribution in [2.75, 3.05) is 6.61 Å². The van der Waals surface area contributed by atoms with Crippen LogP contribution < -0.4 is 9.47 Å². The van der Waals surface area contributed by atoms with Gasteiger partial charge in [0, 0.05) is 5.56 Å². The molecule has 0 unspecified atom stereocenters. The molecule has 3 aromatic carbocycles. The highest BCUT2D eigenvalue weighted by atomic mass is 19.2. The molecule has 3 aromatic rings. The minimum atomic E-state index is -1.22. The summed E-state index contributed by atoms with van der Waals surface area (Å²) in [5, 5.41) is 0. The lowest BCUT2D eigenvalue weighted by molar-refractivity contribution is -0.140. The first-order chi connectivity index (χ1) is 18.8. The average Bonchev–Trinajstić information content (AvgIpc) is 2.94. The number of carbonyl (C=O) groups excluding carboxylic acids is 1. The molecule has 0 spiro atoms. The molecule has 0 atom stereocenters. The normalized spacial score (nSPS) is 17.2. The van der Waals surface area contributed by atoms with Gasteiger partial charge in [-0.1, -0.05) is 62.1 Å². The fraction of sp³-hybridized carbons (Fsp3) is 0.406. The summed E-state index contributed by atoms with van der Waals surface area (Å²) in [4.78, 5) is 12.7. The molecule has 0 heterocycles. The molecule has 0 radical (unpaired) electrons. The molecule has 1 saturated carbocycles. The lowest BCUT2D eigenvalue weighted by Crippen LogP contribution is -2.26. The van der Waals surface area contributed by atoms with Crippen LogP contribution in [0.3, 0.4) is 0 Å². The third kappa shape index (κ3) is 6.81. The van der Waals surface area contributed by atoms with Crippen LogP contribution in [-0.2, 0) is 4.79 Å². The molecule has 4 rings (SSSR count). The topological polar surface area (TPSA) is 35.5 Å². The lowest BCUT2D eigenvalue weighted by Gasteiger charge is -2.28. The summed E-state index contributed by atoms with van der Waals surface area (Å²) in [6, 6.07) is 12.6. The van der Waals surface area contributed by atoms with E-state index in [-0.39, 0.29) is 22.8 Å². The van der Waals surface area contributed by atoms with Crippen LogP contribution in [-0.4, -0.2) is 12.6 Å². The van der Waals surface area contributed by atoms with Gasteiger partial charge in [0.1, 0.15) is 0 Å². The molecular formula is C32H34F4O3. The molecule has 1 aliphatic carbocycles. The number of rotatable bonds is 10. The van der Waals surface area contributed by atoms with Gasteiger partial charge in [0.2, 0.25) is 11.6 Å². The largest absolute Gasteiger partial charge is 0.490 e. The van der Waals surface area contributed by atoms with Gasteiger partial charge < -0.3 is 9.47 Å². The van der Waals surface area contributed by atoms with E-state index in [4.69, 9.17) is 9.47 Å². The van der Waals surface area contributed by atoms with E-state index in [1.54, 1.807) is 30.3 Å². The van der Waals surface area contributed by atoms with Crippen LogP contribution in [0.1, 0.15) is 75.3 Å². The van der Waals surface area contributed by atoms with Crippen molar-refractivity contribution < 1.29 is 31.8 Å². The Balaban J connectivity index is 1.34. The Morgan fingerprint density at radius 3 is 2.13 bits per heavy atom. The third-order valence-corrected chi connectivity index (χ3v) is 7.45. The Hall–Kier alpha value is -3.35. The average molecular weight is 543 g/mol. The molecule has 1 aliphatic rings. The highest BCUT2D eigenvalue weighted by Crippen LogP contribution is 2.39. The molecule has 0 saturated heterocycles. The number of benzene rings is 3. The number of unbranched alkanes of at least 4 members (excludes halogenated alkanes) is 3. The second kappa shape index (κ2) is 13.1. The first-order valence-electron chi connectivity index (χ1n) is 13.7. The van der Waals surface area contributed by atoms with Gasteiger partial charge in [-0.2, -0.15) is 8.78 Å². The predicted octanol–water partition coefficient (Wildman–Crippen LogP) is 9.06. The van der Waals surface area contributed by atoms with Gasteiger partial charge in [0.15, 0.2) is 23.1 Å². The van der Waals surface area contributed by atoms with Crippen LogP contribution in [0.4, 0.5) is 17.6 Å². The standard InChI is InChI=1S/C32H34F4O3/c1-3-4-5-6-19-38-26-17-15-24(28(33)30(26)35)22-11-13-23(14-12-22)32(37)39-27-18-16-25(29(34)31(27)36)21-9-7-20(2)8-10-21/h7-10,15-18,22-23H,3-6,11-14,19H2,1-2H3. The van der Waals surface area contributed by atoms with Crippen LogP contribution in [0.5, 0.6) is 11.5 Å². The van der Waals surface area contributed by atoms with Gasteiger partial charge in [0.25, 0.3) is 0 Å². The fourth-order valence-corrected chi connectivity index (χ4v) is 5.08. The van der Waals surface area contributed by atoms with Crippen LogP contribution in [0, 0.1) is 36.1 Å². The maximum atomic E-state index is 14.9. The molecule has 39 heavy (non-hydrogen) atoms. The zero-order valence-corrected chi connectivity index (χ0v) is 22.4. The fourth-order valence-electron chi connectivity index (χ4n) is 5.08. The maximum absolute atomic E-state index is 14.9. The van der Waals surface area contributed by atoms with E-state index in [0.29, 0.717) is 37.9 Å². The van der Waals surface area contributed by atoms with Gasteiger partial charge in [-0.05, 0) is 74.3 Å². The molecule has 0 aliphatic heterocycles. The summed E-state index contributed by atoms with van der Waals surface area (Å²) in [6.45, 7) is 4.33. The van der Waals surface area contributed by atoms with Gasteiger partial charge >= 0.3 is 5.97 Å². The Morgan fingerprint density at radius 1 is 0.769 bits per heavy atom. The SMILES string of the molecule is CCCCCCOc1ccc(C2CCC(C(=O)Oc3ccc(-c4ccc(C)cc4)c(F)c3F)CC2)c(F)c1F.